The van der Waals surface area contributed by atoms with E-state index >= 15 is 0 Å². The lowest BCUT2D eigenvalue weighted by Crippen LogP contribution is -2.11. The molecule has 0 N–H and O–H groups in total. The van der Waals surface area contributed by atoms with E-state index in [1.165, 1.54) is 6.07 Å². The highest BCUT2D eigenvalue weighted by molar-refractivity contribution is 6.30. The highest BCUT2D eigenvalue weighted by Gasteiger charge is 2.34. The number of hydrogen-bond acceptors (Lipinski definition) is 1. The molecule has 0 unspecified atom stereocenters. The zero-order valence-corrected chi connectivity index (χ0v) is 11.0. The fourth-order valence-electron chi connectivity index (χ4n) is 1.70. The van der Waals surface area contributed by atoms with Gasteiger partial charge in [-0.1, -0.05) is 35.9 Å². The summed E-state index contributed by atoms with van der Waals surface area (Å²) in [7, 11) is 0. The number of aromatic nitrogens is 1. The topological polar surface area (TPSA) is 12.9 Å². The van der Waals surface area contributed by atoms with E-state index in [0.717, 1.165) is 11.8 Å². The molecule has 103 valence electrons. The van der Waals surface area contributed by atoms with Crippen LogP contribution < -0.4 is 0 Å². The monoisotopic (exact) mass is 296 g/mol. The van der Waals surface area contributed by atoms with E-state index in [-0.39, 0.29) is 12.0 Å². The molecule has 2 rings (SSSR count). The van der Waals surface area contributed by atoms with Crippen molar-refractivity contribution >= 4 is 17.7 Å². The predicted molar refractivity (Wildman–Crippen MR) is 72.3 cm³/mol. The maximum atomic E-state index is 12.7. The van der Waals surface area contributed by atoms with E-state index < -0.39 is 11.9 Å². The van der Waals surface area contributed by atoms with Crippen LogP contribution in [0.15, 0.2) is 42.6 Å². The molecule has 0 aliphatic rings. The van der Waals surface area contributed by atoms with E-state index in [0.29, 0.717) is 5.02 Å². The summed E-state index contributed by atoms with van der Waals surface area (Å²) in [6, 6.07) is 10.9. The van der Waals surface area contributed by atoms with Crippen molar-refractivity contribution in [3.05, 3.63) is 70.5 Å². The zero-order chi connectivity index (χ0) is 14.6. The molecule has 20 heavy (non-hydrogen) atoms. The van der Waals surface area contributed by atoms with Crippen molar-refractivity contribution in [1.29, 1.82) is 0 Å². The van der Waals surface area contributed by atoms with Crippen molar-refractivity contribution in [1.82, 2.24) is 4.98 Å². The Morgan fingerprint density at radius 2 is 1.90 bits per heavy atom. The number of rotatable bonds is 3. The van der Waals surface area contributed by atoms with Crippen LogP contribution in [0, 0.1) is 6.07 Å². The van der Waals surface area contributed by atoms with E-state index in [9.17, 15) is 13.2 Å². The summed E-state index contributed by atoms with van der Waals surface area (Å²) in [5.41, 5.74) is 0.109. The van der Waals surface area contributed by atoms with Crippen LogP contribution in [0.3, 0.4) is 0 Å². The third-order valence-electron chi connectivity index (χ3n) is 2.62. The minimum absolute atomic E-state index is 0.102. The molecule has 0 spiro atoms. The number of alkyl halides is 3. The largest absolute Gasteiger partial charge is 0.433 e. The second-order valence-electron chi connectivity index (χ2n) is 4.10. The molecule has 5 heteroatoms. The first kappa shape index (κ1) is 14.6. The van der Waals surface area contributed by atoms with Crippen LogP contribution in [-0.4, -0.2) is 4.98 Å². The van der Waals surface area contributed by atoms with Gasteiger partial charge in [0, 0.05) is 17.3 Å². The number of nitrogens with zero attached hydrogens (tertiary/aromatic N) is 1. The Hall–Kier alpha value is -1.81. The van der Waals surface area contributed by atoms with Crippen molar-refractivity contribution in [3.63, 3.8) is 0 Å². The Bertz CT molecular complexity index is 603. The van der Waals surface area contributed by atoms with E-state index in [2.05, 4.69) is 11.1 Å². The summed E-state index contributed by atoms with van der Waals surface area (Å²) < 4.78 is 38.2. The summed E-state index contributed by atoms with van der Waals surface area (Å²) >= 11 is 5.75. The lowest BCUT2D eigenvalue weighted by atomic mass is 10.1. The van der Waals surface area contributed by atoms with Gasteiger partial charge in [0.25, 0.3) is 0 Å². The van der Waals surface area contributed by atoms with Crippen LogP contribution in [0.4, 0.5) is 13.2 Å². The van der Waals surface area contributed by atoms with Crippen molar-refractivity contribution < 1.29 is 13.2 Å². The van der Waals surface area contributed by atoms with Gasteiger partial charge >= 0.3 is 6.18 Å². The number of hydrogen-bond donors (Lipinski definition) is 0. The second kappa shape index (κ2) is 6.09. The van der Waals surface area contributed by atoms with E-state index in [1.54, 1.807) is 36.4 Å². The van der Waals surface area contributed by atoms with Gasteiger partial charge in [0.15, 0.2) is 0 Å². The van der Waals surface area contributed by atoms with Crippen molar-refractivity contribution in [2.75, 3.05) is 0 Å². The van der Waals surface area contributed by atoms with Gasteiger partial charge < -0.3 is 0 Å². The Kier molecular flexibility index (Phi) is 4.45. The molecule has 0 atom stereocenters. The van der Waals surface area contributed by atoms with Crippen LogP contribution in [-0.2, 0) is 12.6 Å². The number of benzene rings is 1. The SMILES string of the molecule is FC(F)(F)c1nc[c]cc1CC=Cc1ccc(Cl)cc1. The third kappa shape index (κ3) is 3.84. The molecule has 0 saturated carbocycles. The van der Waals surface area contributed by atoms with Crippen LogP contribution >= 0.6 is 11.6 Å². The van der Waals surface area contributed by atoms with Gasteiger partial charge in [0.05, 0.1) is 0 Å². The smallest absolute Gasteiger partial charge is 0.251 e. The molecular formula is C15H10ClF3N. The Morgan fingerprint density at radius 3 is 2.55 bits per heavy atom. The van der Waals surface area contributed by atoms with Gasteiger partial charge in [0.1, 0.15) is 5.69 Å². The van der Waals surface area contributed by atoms with Gasteiger partial charge in [0.2, 0.25) is 0 Å². The molecule has 2 aromatic rings. The summed E-state index contributed by atoms with van der Waals surface area (Å²) in [5.74, 6) is 0. The van der Waals surface area contributed by atoms with Crippen molar-refractivity contribution in [2.24, 2.45) is 0 Å². The van der Waals surface area contributed by atoms with Crippen LogP contribution in [0.25, 0.3) is 6.08 Å². The van der Waals surface area contributed by atoms with E-state index in [1.807, 2.05) is 0 Å². The van der Waals surface area contributed by atoms with Gasteiger partial charge in [-0.05, 0) is 35.7 Å². The molecule has 0 bridgehead atoms. The normalized spacial score (nSPS) is 12.0. The summed E-state index contributed by atoms with van der Waals surface area (Å²) in [5, 5.41) is 0.614. The molecular weight excluding hydrogens is 287 g/mol. The molecule has 1 radical (unpaired) electrons. The maximum Gasteiger partial charge on any atom is 0.433 e. The van der Waals surface area contributed by atoms with Crippen molar-refractivity contribution in [2.45, 2.75) is 12.6 Å². The lowest BCUT2D eigenvalue weighted by molar-refractivity contribution is -0.141. The predicted octanol–water partition coefficient (Wildman–Crippen LogP) is 4.81. The standard InChI is InChI=1S/C15H10ClF3N/c16-13-8-6-11(7-9-13)3-1-4-12-5-2-10-20-14(12)15(17,18)19/h1,3,5-10H,4H2. The fourth-order valence-corrected chi connectivity index (χ4v) is 1.82. The maximum absolute atomic E-state index is 12.7. The average molecular weight is 297 g/mol. The summed E-state index contributed by atoms with van der Waals surface area (Å²) in [4.78, 5) is 3.36. The second-order valence-corrected chi connectivity index (χ2v) is 4.54. The van der Waals surface area contributed by atoms with Gasteiger partial charge in [-0.2, -0.15) is 13.2 Å². The molecule has 1 nitrogen and oxygen atoms in total. The van der Waals surface area contributed by atoms with Crippen LogP contribution in [0.1, 0.15) is 16.8 Å². The number of pyridine rings is 1. The first-order chi connectivity index (χ1) is 9.47. The van der Waals surface area contributed by atoms with Gasteiger partial charge in [-0.3, -0.25) is 4.98 Å². The highest BCUT2D eigenvalue weighted by atomic mass is 35.5. The quantitative estimate of drug-likeness (QED) is 0.792. The molecule has 0 saturated heterocycles. The van der Waals surface area contributed by atoms with E-state index in [4.69, 9.17) is 11.6 Å². The Balaban J connectivity index is 2.13. The molecule has 0 aliphatic carbocycles. The number of halogens is 4. The molecule has 0 aliphatic heterocycles. The first-order valence-corrected chi connectivity index (χ1v) is 6.19. The average Bonchev–Trinajstić information content (AvgIpc) is 2.40. The third-order valence-corrected chi connectivity index (χ3v) is 2.87. The Morgan fingerprint density at radius 1 is 1.20 bits per heavy atom. The molecule has 0 fully saturated rings. The molecule has 1 aromatic carbocycles. The highest BCUT2D eigenvalue weighted by Crippen LogP contribution is 2.30. The van der Waals surface area contributed by atoms with Crippen LogP contribution in [0.5, 0.6) is 0 Å². The minimum Gasteiger partial charge on any atom is -0.251 e. The van der Waals surface area contributed by atoms with Gasteiger partial charge in [-0.25, -0.2) is 0 Å². The molecule has 0 amide bonds. The summed E-state index contributed by atoms with van der Waals surface area (Å²) in [6.07, 6.45) is 0.113. The first-order valence-electron chi connectivity index (χ1n) is 5.81. The fraction of sp³-hybridized carbons (Fsp3) is 0.133. The lowest BCUT2D eigenvalue weighted by Gasteiger charge is -2.09. The van der Waals surface area contributed by atoms with Crippen molar-refractivity contribution in [3.8, 4) is 0 Å². The number of allylic oxidation sites excluding steroid dienone is 1. The van der Waals surface area contributed by atoms with Crippen LogP contribution in [0.2, 0.25) is 5.02 Å². The Labute approximate surface area is 119 Å². The van der Waals surface area contributed by atoms with Gasteiger partial charge in [-0.15, -0.1) is 0 Å². The summed E-state index contributed by atoms with van der Waals surface area (Å²) in [6.45, 7) is 0. The zero-order valence-electron chi connectivity index (χ0n) is 10.3. The molecule has 1 aromatic heterocycles. The molecule has 1 heterocycles. The minimum atomic E-state index is -4.45.